The quantitative estimate of drug-likeness (QED) is 0.893. The maximum Gasteiger partial charge on any atom is 0.229 e. The molecule has 100 valence electrons. The number of nitrogens with one attached hydrogen (secondary N) is 1. The molecular formula is C16H20N2O. The Kier molecular flexibility index (Phi) is 4.67. The van der Waals surface area contributed by atoms with Crippen LogP contribution in [0.5, 0.6) is 0 Å². The van der Waals surface area contributed by atoms with E-state index in [1.165, 1.54) is 0 Å². The van der Waals surface area contributed by atoms with Gasteiger partial charge in [0.1, 0.15) is 0 Å². The van der Waals surface area contributed by atoms with Gasteiger partial charge in [-0.2, -0.15) is 0 Å². The van der Waals surface area contributed by atoms with Crippen LogP contribution in [-0.2, 0) is 11.3 Å². The van der Waals surface area contributed by atoms with Gasteiger partial charge in [-0.25, -0.2) is 0 Å². The van der Waals surface area contributed by atoms with Crippen molar-refractivity contribution in [3.05, 3.63) is 66.0 Å². The third-order valence-corrected chi connectivity index (χ3v) is 3.08. The fraction of sp³-hybridized carbons (Fsp3) is 0.250. The van der Waals surface area contributed by atoms with Crippen molar-refractivity contribution in [3.63, 3.8) is 0 Å². The topological polar surface area (TPSA) is 42.0 Å². The number of carbonyl (C=O) groups is 1. The molecule has 2 rings (SSSR count). The molecule has 0 radical (unpaired) electrons. The average Bonchev–Trinajstić information content (AvgIpc) is 2.48. The van der Waals surface area contributed by atoms with Crippen molar-refractivity contribution < 1.29 is 6.22 Å². The zero-order valence-corrected chi connectivity index (χ0v) is 11.0. The van der Waals surface area contributed by atoms with E-state index in [1.54, 1.807) is 6.20 Å². The van der Waals surface area contributed by atoms with Gasteiger partial charge < -0.3 is 5.32 Å². The molecule has 3 nitrogen and oxygen atoms in total. The van der Waals surface area contributed by atoms with Crippen LogP contribution in [0.3, 0.4) is 0 Å². The van der Waals surface area contributed by atoms with E-state index in [0.29, 0.717) is 6.54 Å². The van der Waals surface area contributed by atoms with Gasteiger partial charge in [0, 0.05) is 14.2 Å². The van der Waals surface area contributed by atoms with E-state index in [0.717, 1.165) is 17.7 Å². The maximum atomic E-state index is 12.2. The smallest absolute Gasteiger partial charge is 0.229 e. The lowest BCUT2D eigenvalue weighted by Crippen LogP contribution is -2.29. The first-order chi connectivity index (χ1) is 9.31. The lowest BCUT2D eigenvalue weighted by atomic mass is 10.0. The van der Waals surface area contributed by atoms with Gasteiger partial charge in [0.2, 0.25) is 5.91 Å². The van der Waals surface area contributed by atoms with Crippen LogP contribution >= 0.6 is 0 Å². The number of aromatic nitrogens is 1. The molecule has 0 bridgehead atoms. The molecule has 2 aromatic rings. The fourth-order valence-electron chi connectivity index (χ4n) is 2.02. The van der Waals surface area contributed by atoms with Gasteiger partial charge in [-0.15, -0.1) is 0 Å². The molecule has 0 saturated heterocycles. The minimum absolute atomic E-state index is 0. The third kappa shape index (κ3) is 3.65. The van der Waals surface area contributed by atoms with Crippen molar-refractivity contribution in [2.24, 2.45) is 0 Å². The van der Waals surface area contributed by atoms with Gasteiger partial charge in [-0.05, 0) is 24.1 Å². The molecule has 1 atom stereocenters. The minimum Gasteiger partial charge on any atom is -0.351 e. The van der Waals surface area contributed by atoms with Gasteiger partial charge >= 0.3 is 0 Å². The Morgan fingerprint density at radius 3 is 2.58 bits per heavy atom. The van der Waals surface area contributed by atoms with Crippen molar-refractivity contribution in [1.29, 1.82) is 0 Å². The molecule has 1 N–H and O–H groups in total. The predicted molar refractivity (Wildman–Crippen MR) is 77.7 cm³/mol. The van der Waals surface area contributed by atoms with Crippen LogP contribution in [0.1, 0.15) is 31.9 Å². The van der Waals surface area contributed by atoms with Crippen molar-refractivity contribution in [2.75, 3.05) is 0 Å². The van der Waals surface area contributed by atoms with Crippen LogP contribution in [0.15, 0.2) is 54.7 Å². The SMILES string of the molecule is CCC(C(=O)NCc1ccccc1)c1ccccn1.[HH]. The summed E-state index contributed by atoms with van der Waals surface area (Å²) in [6.07, 6.45) is 2.47. The van der Waals surface area contributed by atoms with Crippen LogP contribution in [0.4, 0.5) is 0 Å². The highest BCUT2D eigenvalue weighted by atomic mass is 16.1. The van der Waals surface area contributed by atoms with Crippen LogP contribution in [0.2, 0.25) is 0 Å². The zero-order valence-electron chi connectivity index (χ0n) is 11.0. The Bertz CT molecular complexity index is 517. The van der Waals surface area contributed by atoms with Gasteiger partial charge in [-0.1, -0.05) is 43.3 Å². The van der Waals surface area contributed by atoms with Crippen LogP contribution in [-0.4, -0.2) is 10.9 Å². The Labute approximate surface area is 115 Å². The summed E-state index contributed by atoms with van der Waals surface area (Å²) in [7, 11) is 0. The van der Waals surface area contributed by atoms with Gasteiger partial charge in [0.05, 0.1) is 11.6 Å². The molecule has 1 unspecified atom stereocenters. The summed E-state index contributed by atoms with van der Waals surface area (Å²) < 4.78 is 0. The number of hydrogen-bond donors (Lipinski definition) is 1. The highest BCUT2D eigenvalue weighted by molar-refractivity contribution is 5.83. The predicted octanol–water partition coefficient (Wildman–Crippen LogP) is 3.14. The number of carbonyl (C=O) groups excluding carboxylic acids is 1. The number of amides is 1. The van der Waals surface area contributed by atoms with Crippen molar-refractivity contribution in [3.8, 4) is 0 Å². The standard InChI is InChI=1S/C16H18N2O.H2/c1-2-14(15-10-6-7-11-17-15)16(19)18-12-13-8-4-3-5-9-13;/h3-11,14H,2,12H2,1H3,(H,18,19);1H. The molecular weight excluding hydrogens is 236 g/mol. The molecule has 3 heteroatoms. The summed E-state index contributed by atoms with van der Waals surface area (Å²) in [6, 6.07) is 15.6. The van der Waals surface area contributed by atoms with E-state index in [1.807, 2.05) is 55.5 Å². The van der Waals surface area contributed by atoms with Crippen molar-refractivity contribution in [1.82, 2.24) is 10.3 Å². The van der Waals surface area contributed by atoms with E-state index in [4.69, 9.17) is 0 Å². The van der Waals surface area contributed by atoms with Crippen LogP contribution in [0.25, 0.3) is 0 Å². The lowest BCUT2D eigenvalue weighted by molar-refractivity contribution is -0.122. The number of benzene rings is 1. The van der Waals surface area contributed by atoms with Crippen LogP contribution < -0.4 is 5.32 Å². The lowest BCUT2D eigenvalue weighted by Gasteiger charge is -2.14. The second-order valence-electron chi connectivity index (χ2n) is 4.42. The van der Waals surface area contributed by atoms with Crippen molar-refractivity contribution in [2.45, 2.75) is 25.8 Å². The molecule has 0 fully saturated rings. The van der Waals surface area contributed by atoms with E-state index < -0.39 is 0 Å². The van der Waals surface area contributed by atoms with E-state index >= 15 is 0 Å². The number of hydrogen-bond acceptors (Lipinski definition) is 2. The Hall–Kier alpha value is -2.16. The molecule has 0 saturated carbocycles. The second kappa shape index (κ2) is 6.69. The summed E-state index contributed by atoms with van der Waals surface area (Å²) in [5.41, 5.74) is 1.93. The molecule has 0 spiro atoms. The molecule has 0 aliphatic heterocycles. The van der Waals surface area contributed by atoms with Crippen molar-refractivity contribution >= 4 is 5.91 Å². The van der Waals surface area contributed by atoms with Gasteiger partial charge in [0.25, 0.3) is 0 Å². The zero-order chi connectivity index (χ0) is 13.5. The molecule has 1 amide bonds. The Balaban J connectivity index is 0.00000200. The molecule has 0 aliphatic carbocycles. The summed E-state index contributed by atoms with van der Waals surface area (Å²) in [4.78, 5) is 16.5. The molecule has 1 aromatic carbocycles. The van der Waals surface area contributed by atoms with Crippen LogP contribution in [0, 0.1) is 0 Å². The fourth-order valence-corrected chi connectivity index (χ4v) is 2.02. The maximum absolute atomic E-state index is 12.2. The van der Waals surface area contributed by atoms with E-state index in [9.17, 15) is 4.79 Å². The van der Waals surface area contributed by atoms with E-state index in [2.05, 4.69) is 10.3 Å². The average molecular weight is 256 g/mol. The van der Waals surface area contributed by atoms with E-state index in [-0.39, 0.29) is 13.3 Å². The summed E-state index contributed by atoms with van der Waals surface area (Å²) in [6.45, 7) is 2.56. The number of pyridine rings is 1. The Morgan fingerprint density at radius 2 is 1.95 bits per heavy atom. The highest BCUT2D eigenvalue weighted by Crippen LogP contribution is 2.17. The summed E-state index contributed by atoms with van der Waals surface area (Å²) in [5, 5.41) is 2.97. The minimum atomic E-state index is -0.176. The first-order valence-corrected chi connectivity index (χ1v) is 6.54. The second-order valence-corrected chi connectivity index (χ2v) is 4.42. The third-order valence-electron chi connectivity index (χ3n) is 3.08. The molecule has 1 heterocycles. The van der Waals surface area contributed by atoms with Gasteiger partial charge in [-0.3, -0.25) is 9.78 Å². The number of nitrogens with zero attached hydrogens (tertiary/aromatic N) is 1. The normalized spacial score (nSPS) is 11.8. The molecule has 19 heavy (non-hydrogen) atoms. The largest absolute Gasteiger partial charge is 0.351 e. The first kappa shape index (κ1) is 13.3. The Morgan fingerprint density at radius 1 is 1.21 bits per heavy atom. The summed E-state index contributed by atoms with van der Waals surface area (Å²) >= 11 is 0. The monoisotopic (exact) mass is 256 g/mol. The molecule has 1 aromatic heterocycles. The number of rotatable bonds is 5. The van der Waals surface area contributed by atoms with Gasteiger partial charge in [0.15, 0.2) is 0 Å². The highest BCUT2D eigenvalue weighted by Gasteiger charge is 2.19. The first-order valence-electron chi connectivity index (χ1n) is 6.54. The summed E-state index contributed by atoms with van der Waals surface area (Å²) in [5.74, 6) is -0.144. The molecule has 0 aliphatic rings.